The van der Waals surface area contributed by atoms with E-state index in [2.05, 4.69) is 13.0 Å². The van der Waals surface area contributed by atoms with Crippen LogP contribution in [0.25, 0.3) is 0 Å². The lowest BCUT2D eigenvalue weighted by molar-refractivity contribution is 0.334. The molecule has 0 unspecified atom stereocenters. The van der Waals surface area contributed by atoms with Crippen LogP contribution >= 0.6 is 0 Å². The molecule has 0 atom stereocenters. The number of unbranched alkanes of at least 4 members (excludes halogenated alkanes) is 3. The van der Waals surface area contributed by atoms with Crippen LogP contribution in [0.3, 0.4) is 0 Å². The van der Waals surface area contributed by atoms with Gasteiger partial charge in [0.15, 0.2) is 11.5 Å². The van der Waals surface area contributed by atoms with Gasteiger partial charge in [-0.15, -0.1) is 0 Å². The number of rotatable bonds is 5. The van der Waals surface area contributed by atoms with Crippen molar-refractivity contribution in [2.24, 2.45) is 0 Å². The number of benzene rings is 1. The van der Waals surface area contributed by atoms with Crippen LogP contribution in [0, 0.1) is 0 Å². The van der Waals surface area contributed by atoms with Gasteiger partial charge >= 0.3 is 0 Å². The predicted octanol–water partition coefficient (Wildman–Crippen LogP) is 3.45. The Bertz CT molecular complexity index is 358. The van der Waals surface area contributed by atoms with Gasteiger partial charge in [0.1, 0.15) is 0 Å². The maximum Gasteiger partial charge on any atom is 0.164 e. The van der Waals surface area contributed by atoms with Crippen molar-refractivity contribution in [1.82, 2.24) is 0 Å². The first-order valence-electron chi connectivity index (χ1n) is 6.29. The molecule has 0 saturated heterocycles. The highest BCUT2D eigenvalue weighted by atomic mass is 16.5. The summed E-state index contributed by atoms with van der Waals surface area (Å²) in [5.74, 6) is 1.03. The summed E-state index contributed by atoms with van der Waals surface area (Å²) in [7, 11) is 0. The Labute approximate surface area is 97.3 Å². The molecule has 0 saturated carbocycles. The van der Waals surface area contributed by atoms with E-state index in [1.54, 1.807) is 0 Å². The second-order valence-corrected chi connectivity index (χ2v) is 4.51. The lowest BCUT2D eigenvalue weighted by Crippen LogP contribution is -1.88. The van der Waals surface area contributed by atoms with Gasteiger partial charge in [-0.2, -0.15) is 0 Å². The highest BCUT2D eigenvalue weighted by Gasteiger charge is 2.17. The van der Waals surface area contributed by atoms with Crippen molar-refractivity contribution < 1.29 is 9.84 Å². The molecular weight excluding hydrogens is 200 g/mol. The summed E-state index contributed by atoms with van der Waals surface area (Å²) in [6.45, 7) is 2.93. The first-order valence-corrected chi connectivity index (χ1v) is 6.29. The molecule has 0 radical (unpaired) electrons. The Balaban J connectivity index is 1.97. The Morgan fingerprint density at radius 1 is 1.25 bits per heavy atom. The standard InChI is InChI=1S/C14H20O2/c1-2-3-4-5-6-11-9-12-7-8-16-14(12)13(15)10-11/h9-10,15H,2-8H2,1H3. The van der Waals surface area contributed by atoms with Crippen molar-refractivity contribution in [3.8, 4) is 11.5 Å². The van der Waals surface area contributed by atoms with Gasteiger partial charge in [0.25, 0.3) is 0 Å². The monoisotopic (exact) mass is 220 g/mol. The third kappa shape index (κ3) is 2.49. The summed E-state index contributed by atoms with van der Waals surface area (Å²) in [4.78, 5) is 0. The van der Waals surface area contributed by atoms with E-state index in [0.717, 1.165) is 12.8 Å². The number of phenolic OH excluding ortho intramolecular Hbond substituents is 1. The van der Waals surface area contributed by atoms with Gasteiger partial charge < -0.3 is 9.84 Å². The van der Waals surface area contributed by atoms with E-state index in [0.29, 0.717) is 18.1 Å². The fraction of sp³-hybridized carbons (Fsp3) is 0.571. The summed E-state index contributed by atoms with van der Waals surface area (Å²) in [5, 5.41) is 9.79. The highest BCUT2D eigenvalue weighted by molar-refractivity contribution is 5.50. The second-order valence-electron chi connectivity index (χ2n) is 4.51. The van der Waals surface area contributed by atoms with Crippen molar-refractivity contribution in [2.75, 3.05) is 6.61 Å². The SMILES string of the molecule is CCCCCCc1cc(O)c2c(c1)CCO2. The van der Waals surface area contributed by atoms with Gasteiger partial charge in [0.2, 0.25) is 0 Å². The maximum atomic E-state index is 9.79. The number of aryl methyl sites for hydroxylation is 1. The predicted molar refractivity (Wildman–Crippen MR) is 65.2 cm³/mol. The average Bonchev–Trinajstić information content (AvgIpc) is 2.73. The molecule has 1 aliphatic rings. The van der Waals surface area contributed by atoms with Gasteiger partial charge in [-0.1, -0.05) is 32.3 Å². The van der Waals surface area contributed by atoms with Crippen molar-refractivity contribution in [3.05, 3.63) is 23.3 Å². The molecular formula is C14H20O2. The molecule has 2 nitrogen and oxygen atoms in total. The fourth-order valence-electron chi connectivity index (χ4n) is 2.25. The number of phenols is 1. The lowest BCUT2D eigenvalue weighted by atomic mass is 10.0. The van der Waals surface area contributed by atoms with E-state index in [1.807, 2.05) is 6.07 Å². The Hall–Kier alpha value is -1.18. The third-order valence-electron chi connectivity index (χ3n) is 3.14. The van der Waals surface area contributed by atoms with Crippen LogP contribution in [0.15, 0.2) is 12.1 Å². The second kappa shape index (κ2) is 5.24. The minimum absolute atomic E-state index is 0.320. The first kappa shape index (κ1) is 11.3. The summed E-state index contributed by atoms with van der Waals surface area (Å²) < 4.78 is 5.38. The normalized spacial score (nSPS) is 13.6. The molecule has 1 heterocycles. The van der Waals surface area contributed by atoms with E-state index in [-0.39, 0.29) is 0 Å². The van der Waals surface area contributed by atoms with Crippen molar-refractivity contribution >= 4 is 0 Å². The maximum absolute atomic E-state index is 9.79. The zero-order valence-corrected chi connectivity index (χ0v) is 9.96. The van der Waals surface area contributed by atoms with E-state index >= 15 is 0 Å². The van der Waals surface area contributed by atoms with E-state index in [9.17, 15) is 5.11 Å². The molecule has 0 amide bonds. The number of hydrogen-bond acceptors (Lipinski definition) is 2. The van der Waals surface area contributed by atoms with Crippen LogP contribution in [0.4, 0.5) is 0 Å². The van der Waals surface area contributed by atoms with Crippen molar-refractivity contribution in [2.45, 2.75) is 45.4 Å². The lowest BCUT2D eigenvalue weighted by Gasteiger charge is -2.06. The molecule has 2 rings (SSSR count). The zero-order chi connectivity index (χ0) is 11.4. The van der Waals surface area contributed by atoms with Crippen LogP contribution in [0.1, 0.15) is 43.7 Å². The smallest absolute Gasteiger partial charge is 0.164 e. The van der Waals surface area contributed by atoms with Crippen LogP contribution < -0.4 is 4.74 Å². The summed E-state index contributed by atoms with van der Waals surface area (Å²) in [5.41, 5.74) is 2.42. The summed E-state index contributed by atoms with van der Waals surface area (Å²) in [6.07, 6.45) is 7.08. The number of hydrogen-bond donors (Lipinski definition) is 1. The quantitative estimate of drug-likeness (QED) is 0.770. The summed E-state index contributed by atoms with van der Waals surface area (Å²) in [6, 6.07) is 4.05. The molecule has 16 heavy (non-hydrogen) atoms. The van der Waals surface area contributed by atoms with Gasteiger partial charge in [-0.3, -0.25) is 0 Å². The zero-order valence-electron chi connectivity index (χ0n) is 9.96. The van der Waals surface area contributed by atoms with Crippen molar-refractivity contribution in [1.29, 1.82) is 0 Å². The number of ether oxygens (including phenoxy) is 1. The van der Waals surface area contributed by atoms with Crippen LogP contribution in [-0.2, 0) is 12.8 Å². The van der Waals surface area contributed by atoms with Crippen LogP contribution in [-0.4, -0.2) is 11.7 Å². The van der Waals surface area contributed by atoms with Gasteiger partial charge in [0, 0.05) is 12.0 Å². The Morgan fingerprint density at radius 2 is 2.12 bits per heavy atom. The fourth-order valence-corrected chi connectivity index (χ4v) is 2.25. The highest BCUT2D eigenvalue weighted by Crippen LogP contribution is 2.36. The topological polar surface area (TPSA) is 29.5 Å². The molecule has 1 aromatic carbocycles. The first-order chi connectivity index (χ1) is 7.81. The molecule has 1 N–H and O–H groups in total. The minimum atomic E-state index is 0.320. The largest absolute Gasteiger partial charge is 0.504 e. The number of fused-ring (bicyclic) bond motifs is 1. The molecule has 2 heteroatoms. The molecule has 1 aliphatic heterocycles. The average molecular weight is 220 g/mol. The van der Waals surface area contributed by atoms with Crippen LogP contribution in [0.5, 0.6) is 11.5 Å². The molecule has 0 spiro atoms. The Kier molecular flexibility index (Phi) is 3.70. The minimum Gasteiger partial charge on any atom is -0.504 e. The molecule has 0 bridgehead atoms. The van der Waals surface area contributed by atoms with Gasteiger partial charge in [-0.25, -0.2) is 0 Å². The van der Waals surface area contributed by atoms with Gasteiger partial charge in [0.05, 0.1) is 6.61 Å². The van der Waals surface area contributed by atoms with Crippen LogP contribution in [0.2, 0.25) is 0 Å². The van der Waals surface area contributed by atoms with Gasteiger partial charge in [-0.05, 0) is 24.5 Å². The molecule has 0 aliphatic carbocycles. The third-order valence-corrected chi connectivity index (χ3v) is 3.14. The Morgan fingerprint density at radius 3 is 2.94 bits per heavy atom. The van der Waals surface area contributed by atoms with Crippen molar-refractivity contribution in [3.63, 3.8) is 0 Å². The molecule has 0 aromatic heterocycles. The van der Waals surface area contributed by atoms with E-state index in [1.165, 1.54) is 36.8 Å². The van der Waals surface area contributed by atoms with E-state index in [4.69, 9.17) is 4.74 Å². The van der Waals surface area contributed by atoms with E-state index < -0.39 is 0 Å². The molecule has 0 fully saturated rings. The summed E-state index contributed by atoms with van der Waals surface area (Å²) >= 11 is 0. The number of aromatic hydroxyl groups is 1. The molecule has 1 aromatic rings. The molecule has 88 valence electrons.